The van der Waals surface area contributed by atoms with Gasteiger partial charge in [0, 0.05) is 0 Å². The van der Waals surface area contributed by atoms with Gasteiger partial charge >= 0.3 is 0 Å². The van der Waals surface area contributed by atoms with Crippen molar-refractivity contribution in [3.05, 3.63) is 47.7 Å². The minimum absolute atomic E-state index is 0.0205. The van der Waals surface area contributed by atoms with E-state index in [1.807, 2.05) is 30.3 Å². The van der Waals surface area contributed by atoms with Crippen molar-refractivity contribution < 1.29 is 4.74 Å². The predicted octanol–water partition coefficient (Wildman–Crippen LogP) is 6.35. The molecular weight excluding hydrogens is 463 g/mol. The summed E-state index contributed by atoms with van der Waals surface area (Å²) in [5.41, 5.74) is 0.655. The summed E-state index contributed by atoms with van der Waals surface area (Å²) < 4.78 is 1.54. The standard InChI is InChI=1S/C16H9Cl6N3O/c1-26-10-7-6-8-4-2-3-5-9(8)11(10)13-12(15(17,18)19)14(16(20,21)22)24-25-23-13/h2-7H,1H3. The first-order valence-corrected chi connectivity index (χ1v) is 9.35. The lowest BCUT2D eigenvalue weighted by Gasteiger charge is -2.22. The first-order chi connectivity index (χ1) is 12.1. The lowest BCUT2D eigenvalue weighted by molar-refractivity contribution is 0.416. The summed E-state index contributed by atoms with van der Waals surface area (Å²) in [6.45, 7) is 0. The second kappa shape index (κ2) is 7.34. The number of hydrogen-bond donors (Lipinski definition) is 0. The quantitative estimate of drug-likeness (QED) is 0.408. The number of alkyl halides is 6. The molecule has 0 saturated heterocycles. The van der Waals surface area contributed by atoms with Crippen molar-refractivity contribution in [1.82, 2.24) is 15.4 Å². The Balaban J connectivity index is 2.48. The van der Waals surface area contributed by atoms with Gasteiger partial charge in [0.15, 0.2) is 0 Å². The Morgan fingerprint density at radius 1 is 0.846 bits per heavy atom. The van der Waals surface area contributed by atoms with Gasteiger partial charge in [-0.05, 0) is 22.1 Å². The molecule has 0 atom stereocenters. The fourth-order valence-corrected chi connectivity index (χ4v) is 3.57. The molecule has 0 spiro atoms. The monoisotopic (exact) mass is 469 g/mol. The molecule has 4 nitrogen and oxygen atoms in total. The molecule has 0 amide bonds. The second-order valence-electron chi connectivity index (χ2n) is 5.22. The van der Waals surface area contributed by atoms with E-state index in [-0.39, 0.29) is 17.0 Å². The van der Waals surface area contributed by atoms with Crippen molar-refractivity contribution in [2.45, 2.75) is 7.59 Å². The predicted molar refractivity (Wildman–Crippen MR) is 108 cm³/mol. The van der Waals surface area contributed by atoms with E-state index in [1.165, 1.54) is 7.11 Å². The Hall–Kier alpha value is -0.750. The van der Waals surface area contributed by atoms with Gasteiger partial charge in [-0.15, -0.1) is 10.2 Å². The molecular formula is C16H9Cl6N3O. The number of rotatable bonds is 2. The Kier molecular flexibility index (Phi) is 5.65. The first kappa shape index (κ1) is 20.0. The number of halogens is 6. The number of methoxy groups -OCH3 is 1. The average Bonchev–Trinajstić information content (AvgIpc) is 2.58. The van der Waals surface area contributed by atoms with Crippen LogP contribution in [0.25, 0.3) is 22.0 Å². The van der Waals surface area contributed by atoms with Crippen LogP contribution in [0.4, 0.5) is 0 Å². The Labute approximate surface area is 179 Å². The molecule has 136 valence electrons. The zero-order valence-electron chi connectivity index (χ0n) is 13.0. The Morgan fingerprint density at radius 2 is 1.54 bits per heavy atom. The average molecular weight is 472 g/mol. The molecule has 1 heterocycles. The van der Waals surface area contributed by atoms with E-state index in [9.17, 15) is 0 Å². The van der Waals surface area contributed by atoms with E-state index in [0.717, 1.165) is 10.8 Å². The number of aromatic nitrogens is 3. The molecule has 3 aromatic rings. The highest BCUT2D eigenvalue weighted by Gasteiger charge is 2.40. The second-order valence-corrected chi connectivity index (χ2v) is 9.78. The normalized spacial score (nSPS) is 12.4. The third kappa shape index (κ3) is 3.77. The molecule has 0 bridgehead atoms. The topological polar surface area (TPSA) is 47.9 Å². The summed E-state index contributed by atoms with van der Waals surface area (Å²) in [7, 11) is 1.52. The molecule has 0 radical (unpaired) electrons. The molecule has 26 heavy (non-hydrogen) atoms. The van der Waals surface area contributed by atoms with Crippen molar-refractivity contribution in [1.29, 1.82) is 0 Å². The molecule has 3 rings (SSSR count). The van der Waals surface area contributed by atoms with Crippen LogP contribution >= 0.6 is 69.6 Å². The highest BCUT2D eigenvalue weighted by atomic mass is 35.6. The SMILES string of the molecule is COc1ccc2ccccc2c1-c1nnnc(C(Cl)(Cl)Cl)c1C(Cl)(Cl)Cl. The largest absolute Gasteiger partial charge is 0.496 e. The number of hydrogen-bond acceptors (Lipinski definition) is 4. The van der Waals surface area contributed by atoms with Crippen molar-refractivity contribution in [2.75, 3.05) is 7.11 Å². The number of benzene rings is 2. The molecule has 0 unspecified atom stereocenters. The van der Waals surface area contributed by atoms with Gasteiger partial charge in [-0.3, -0.25) is 0 Å². The van der Waals surface area contributed by atoms with Crippen molar-refractivity contribution in [3.8, 4) is 17.0 Å². The number of ether oxygens (including phenoxy) is 1. The van der Waals surface area contributed by atoms with Gasteiger partial charge in [0.05, 0.1) is 18.2 Å². The van der Waals surface area contributed by atoms with Crippen LogP contribution in [0, 0.1) is 0 Å². The molecule has 2 aromatic carbocycles. The first-order valence-electron chi connectivity index (χ1n) is 7.08. The van der Waals surface area contributed by atoms with Crippen LogP contribution in [0.3, 0.4) is 0 Å². The summed E-state index contributed by atoms with van der Waals surface area (Å²) >= 11 is 36.6. The minimum Gasteiger partial charge on any atom is -0.496 e. The molecule has 0 aliphatic carbocycles. The van der Waals surface area contributed by atoms with Crippen LogP contribution in [0.15, 0.2) is 36.4 Å². The van der Waals surface area contributed by atoms with Crippen LogP contribution in [0.1, 0.15) is 11.3 Å². The van der Waals surface area contributed by atoms with Gasteiger partial charge in [-0.25, -0.2) is 0 Å². The van der Waals surface area contributed by atoms with E-state index in [1.54, 1.807) is 6.07 Å². The lowest BCUT2D eigenvalue weighted by atomic mass is 9.97. The summed E-state index contributed by atoms with van der Waals surface area (Å²) in [6.07, 6.45) is 0. The zero-order chi connectivity index (χ0) is 19.1. The summed E-state index contributed by atoms with van der Waals surface area (Å²) in [5.74, 6) is 0.495. The fraction of sp³-hybridized carbons (Fsp3) is 0.188. The van der Waals surface area contributed by atoms with Crippen molar-refractivity contribution >= 4 is 80.4 Å². The van der Waals surface area contributed by atoms with Crippen LogP contribution in [0.2, 0.25) is 0 Å². The van der Waals surface area contributed by atoms with Crippen LogP contribution in [-0.2, 0) is 7.59 Å². The van der Waals surface area contributed by atoms with Crippen molar-refractivity contribution in [3.63, 3.8) is 0 Å². The molecule has 0 aliphatic rings. The maximum atomic E-state index is 6.18. The Bertz CT molecular complexity index is 968. The van der Waals surface area contributed by atoms with E-state index >= 15 is 0 Å². The lowest BCUT2D eigenvalue weighted by Crippen LogP contribution is -2.18. The van der Waals surface area contributed by atoms with Gasteiger partial charge in [0.1, 0.15) is 17.1 Å². The molecule has 10 heteroatoms. The van der Waals surface area contributed by atoms with Gasteiger partial charge in [-0.1, -0.05) is 99.9 Å². The maximum Gasteiger partial charge on any atom is 0.234 e. The molecule has 0 aliphatic heterocycles. The highest BCUT2D eigenvalue weighted by Crippen LogP contribution is 2.51. The van der Waals surface area contributed by atoms with Gasteiger partial charge < -0.3 is 4.74 Å². The summed E-state index contributed by atoms with van der Waals surface area (Å²) in [5, 5.41) is 13.3. The summed E-state index contributed by atoms with van der Waals surface area (Å²) in [6, 6.07) is 11.3. The molecule has 0 fully saturated rings. The summed E-state index contributed by atoms with van der Waals surface area (Å²) in [4.78, 5) is 0. The van der Waals surface area contributed by atoms with Crippen molar-refractivity contribution in [2.24, 2.45) is 0 Å². The molecule has 0 saturated carbocycles. The number of nitrogens with zero attached hydrogens (tertiary/aromatic N) is 3. The minimum atomic E-state index is -1.97. The smallest absolute Gasteiger partial charge is 0.234 e. The third-order valence-corrected chi connectivity index (χ3v) is 4.77. The van der Waals surface area contributed by atoms with Crippen LogP contribution in [-0.4, -0.2) is 22.5 Å². The van der Waals surface area contributed by atoms with E-state index in [0.29, 0.717) is 11.3 Å². The van der Waals surface area contributed by atoms with Gasteiger partial charge in [-0.2, -0.15) is 0 Å². The van der Waals surface area contributed by atoms with E-state index in [2.05, 4.69) is 15.4 Å². The van der Waals surface area contributed by atoms with E-state index in [4.69, 9.17) is 74.3 Å². The molecule has 0 N–H and O–H groups in total. The number of fused-ring (bicyclic) bond motifs is 1. The van der Waals surface area contributed by atoms with Crippen LogP contribution < -0.4 is 4.74 Å². The molecule has 1 aromatic heterocycles. The van der Waals surface area contributed by atoms with Crippen LogP contribution in [0.5, 0.6) is 5.75 Å². The third-order valence-electron chi connectivity index (χ3n) is 3.66. The van der Waals surface area contributed by atoms with E-state index < -0.39 is 7.59 Å². The fourth-order valence-electron chi connectivity index (χ4n) is 2.63. The maximum absolute atomic E-state index is 6.18. The van der Waals surface area contributed by atoms with Gasteiger partial charge in [0.25, 0.3) is 0 Å². The Morgan fingerprint density at radius 3 is 2.15 bits per heavy atom. The zero-order valence-corrected chi connectivity index (χ0v) is 17.5. The van der Waals surface area contributed by atoms with Gasteiger partial charge in [0.2, 0.25) is 7.59 Å². The highest BCUT2D eigenvalue weighted by molar-refractivity contribution is 6.69.